The zero-order valence-corrected chi connectivity index (χ0v) is 37.1. The van der Waals surface area contributed by atoms with Crippen LogP contribution in [-0.2, 0) is 5.41 Å². The molecule has 1 aromatic heterocycles. The Morgan fingerprint density at radius 2 is 0.833 bits per heavy atom. The fraction of sp³-hybridized carbons (Fsp3) is 0.0476. The highest BCUT2D eigenvalue weighted by Gasteiger charge is 2.45. The van der Waals surface area contributed by atoms with Crippen molar-refractivity contribution >= 4 is 38.9 Å². The number of benzene rings is 10. The van der Waals surface area contributed by atoms with Crippen LogP contribution in [0.25, 0.3) is 49.7 Å². The van der Waals surface area contributed by atoms with Gasteiger partial charge in [-0.3, -0.25) is 0 Å². The van der Waals surface area contributed by atoms with E-state index in [4.69, 9.17) is 4.74 Å². The molecule has 3 heteroatoms. The number of aromatic nitrogens is 1. The van der Waals surface area contributed by atoms with E-state index in [0.29, 0.717) is 0 Å². The third-order valence-electron chi connectivity index (χ3n) is 12.9. The Morgan fingerprint density at radius 3 is 1.48 bits per heavy atom. The van der Waals surface area contributed by atoms with Crippen LogP contribution >= 0.6 is 0 Å². The van der Waals surface area contributed by atoms with Crippen LogP contribution in [0.15, 0.2) is 255 Å². The van der Waals surface area contributed by atoms with E-state index in [2.05, 4.69) is 264 Å². The fourth-order valence-corrected chi connectivity index (χ4v) is 10.0. The highest BCUT2D eigenvalue weighted by molar-refractivity contribution is 6.10. The molecule has 66 heavy (non-hydrogen) atoms. The molecular formula is C63H48N2O. The van der Waals surface area contributed by atoms with Crippen LogP contribution in [0.1, 0.15) is 36.1 Å². The maximum absolute atomic E-state index is 6.64. The second-order valence-corrected chi connectivity index (χ2v) is 16.5. The van der Waals surface area contributed by atoms with E-state index >= 15 is 0 Å². The number of rotatable bonds is 8. The van der Waals surface area contributed by atoms with E-state index in [1.807, 2.05) is 13.8 Å². The van der Waals surface area contributed by atoms with Crippen LogP contribution in [0.4, 0.5) is 17.1 Å². The van der Waals surface area contributed by atoms with Crippen molar-refractivity contribution in [2.45, 2.75) is 19.3 Å². The molecule has 0 saturated carbocycles. The topological polar surface area (TPSA) is 17.4 Å². The number of nitrogens with zero attached hydrogens (tertiary/aromatic N) is 2. The van der Waals surface area contributed by atoms with E-state index in [9.17, 15) is 0 Å². The van der Waals surface area contributed by atoms with Crippen molar-refractivity contribution in [2.75, 3.05) is 4.90 Å². The summed E-state index contributed by atoms with van der Waals surface area (Å²) in [5, 5.41) is 2.48. The molecule has 0 amide bonds. The summed E-state index contributed by atoms with van der Waals surface area (Å²) in [6, 6.07) is 91.8. The normalized spacial score (nSPS) is 12.3. The van der Waals surface area contributed by atoms with Crippen LogP contribution in [0.5, 0.6) is 11.5 Å². The van der Waals surface area contributed by atoms with Gasteiger partial charge in [-0.25, -0.2) is 0 Å². The molecule has 11 aromatic rings. The third kappa shape index (κ3) is 6.85. The molecule has 0 radical (unpaired) electrons. The minimum Gasteiger partial charge on any atom is -0.457 e. The first-order valence-electron chi connectivity index (χ1n) is 22.9. The molecule has 1 aliphatic heterocycles. The Kier molecular flexibility index (Phi) is 10.6. The zero-order chi connectivity index (χ0) is 44.5. The number of hydrogen-bond acceptors (Lipinski definition) is 2. The van der Waals surface area contributed by atoms with E-state index in [0.717, 1.165) is 56.5 Å². The van der Waals surface area contributed by atoms with Crippen molar-refractivity contribution in [2.24, 2.45) is 0 Å². The van der Waals surface area contributed by atoms with E-state index in [1.165, 1.54) is 44.1 Å². The quantitative estimate of drug-likeness (QED) is 0.152. The molecule has 316 valence electrons. The van der Waals surface area contributed by atoms with Gasteiger partial charge in [0.15, 0.2) is 0 Å². The summed E-state index contributed by atoms with van der Waals surface area (Å²) < 4.78 is 9.01. The molecule has 0 bridgehead atoms. The van der Waals surface area contributed by atoms with Crippen molar-refractivity contribution in [3.05, 3.63) is 277 Å². The lowest BCUT2D eigenvalue weighted by molar-refractivity contribution is 0.434. The minimum atomic E-state index is -0.641. The molecule has 1 aliphatic rings. The van der Waals surface area contributed by atoms with Gasteiger partial charge in [0.2, 0.25) is 0 Å². The van der Waals surface area contributed by atoms with Crippen LogP contribution in [0.2, 0.25) is 0 Å². The average Bonchev–Trinajstić information content (AvgIpc) is 3.73. The van der Waals surface area contributed by atoms with Gasteiger partial charge in [-0.05, 0) is 112 Å². The van der Waals surface area contributed by atoms with Crippen molar-refractivity contribution in [1.29, 1.82) is 0 Å². The second kappa shape index (κ2) is 17.3. The first kappa shape index (κ1) is 40.4. The van der Waals surface area contributed by atoms with Crippen molar-refractivity contribution in [3.8, 4) is 39.4 Å². The Hall–Kier alpha value is -8.40. The van der Waals surface area contributed by atoms with Crippen molar-refractivity contribution < 1.29 is 4.74 Å². The van der Waals surface area contributed by atoms with Crippen LogP contribution in [-0.4, -0.2) is 4.57 Å². The standard InChI is InChI=1S/C61H42N2O.C2H6/c1-4-17-43(18-5-1)44-31-36-50(37-32-44)62(51-38-33-45(34-39-51)46-35-40-58-54(41-46)53-25-10-13-28-57(53)63(58)49-22-8-3-9-23-49)52-24-16-21-48(42-52)61(47-19-6-2-7-20-47)55-26-11-14-29-59(55)64-60-30-15-12-27-56(60)61;1-2/h1-42H;1-2H3. The van der Waals surface area contributed by atoms with Crippen LogP contribution in [0, 0.1) is 0 Å². The summed E-state index contributed by atoms with van der Waals surface area (Å²) >= 11 is 0. The lowest BCUT2D eigenvalue weighted by Gasteiger charge is -2.42. The van der Waals surface area contributed by atoms with Gasteiger partial charge in [-0.1, -0.05) is 190 Å². The summed E-state index contributed by atoms with van der Waals surface area (Å²) in [6.45, 7) is 4.00. The van der Waals surface area contributed by atoms with Gasteiger partial charge < -0.3 is 14.2 Å². The molecule has 0 fully saturated rings. The van der Waals surface area contributed by atoms with Crippen molar-refractivity contribution in [3.63, 3.8) is 0 Å². The number of para-hydroxylation sites is 4. The van der Waals surface area contributed by atoms with Crippen molar-refractivity contribution in [1.82, 2.24) is 4.57 Å². The first-order chi connectivity index (χ1) is 32.7. The smallest absolute Gasteiger partial charge is 0.132 e. The summed E-state index contributed by atoms with van der Waals surface area (Å²) in [5.74, 6) is 1.73. The number of fused-ring (bicyclic) bond motifs is 5. The van der Waals surface area contributed by atoms with Gasteiger partial charge in [0.05, 0.1) is 16.4 Å². The largest absolute Gasteiger partial charge is 0.457 e. The zero-order valence-electron chi connectivity index (χ0n) is 37.1. The molecule has 3 nitrogen and oxygen atoms in total. The molecular weight excluding hydrogens is 801 g/mol. The van der Waals surface area contributed by atoms with Gasteiger partial charge >= 0.3 is 0 Å². The summed E-state index contributed by atoms with van der Waals surface area (Å²) in [7, 11) is 0. The van der Waals surface area contributed by atoms with E-state index in [-0.39, 0.29) is 0 Å². The van der Waals surface area contributed by atoms with Gasteiger partial charge in [-0.15, -0.1) is 0 Å². The first-order valence-corrected chi connectivity index (χ1v) is 22.9. The lowest BCUT2D eigenvalue weighted by atomic mass is 9.63. The molecule has 12 rings (SSSR count). The number of hydrogen-bond donors (Lipinski definition) is 0. The molecule has 0 spiro atoms. The highest BCUT2D eigenvalue weighted by atomic mass is 16.5. The highest BCUT2D eigenvalue weighted by Crippen LogP contribution is 2.56. The molecule has 10 aromatic carbocycles. The molecule has 2 heterocycles. The van der Waals surface area contributed by atoms with E-state index in [1.54, 1.807) is 0 Å². The van der Waals surface area contributed by atoms with Gasteiger partial charge in [-0.2, -0.15) is 0 Å². The third-order valence-corrected chi connectivity index (χ3v) is 12.9. The molecule has 0 unspecified atom stereocenters. The van der Waals surface area contributed by atoms with Crippen LogP contribution in [0.3, 0.4) is 0 Å². The summed E-state index contributed by atoms with van der Waals surface area (Å²) in [5.41, 5.74) is 15.4. The van der Waals surface area contributed by atoms with Gasteiger partial charge in [0, 0.05) is 44.6 Å². The predicted octanol–water partition coefficient (Wildman–Crippen LogP) is 17.1. The predicted molar refractivity (Wildman–Crippen MR) is 276 cm³/mol. The number of ether oxygens (including phenoxy) is 1. The second-order valence-electron chi connectivity index (χ2n) is 16.5. The molecule has 0 atom stereocenters. The Balaban J connectivity index is 0.00000238. The maximum Gasteiger partial charge on any atom is 0.132 e. The Morgan fingerprint density at radius 1 is 0.348 bits per heavy atom. The number of anilines is 3. The van der Waals surface area contributed by atoms with E-state index < -0.39 is 5.41 Å². The van der Waals surface area contributed by atoms with Gasteiger partial charge in [0.25, 0.3) is 0 Å². The Bertz CT molecular complexity index is 3400. The summed E-state index contributed by atoms with van der Waals surface area (Å²) in [6.07, 6.45) is 0. The molecule has 0 aliphatic carbocycles. The fourth-order valence-electron chi connectivity index (χ4n) is 10.0. The maximum atomic E-state index is 6.64. The molecule has 0 N–H and O–H groups in total. The van der Waals surface area contributed by atoms with Gasteiger partial charge in [0.1, 0.15) is 11.5 Å². The SMILES string of the molecule is CC.c1ccc(-c2ccc(N(c3ccc(-c4ccc5c(c4)c4ccccc4n5-c4ccccc4)cc3)c3cccc(C4(c5ccccc5)c5ccccc5Oc5ccccc54)c3)cc2)cc1. The molecule has 0 saturated heterocycles. The average molecular weight is 849 g/mol. The Labute approximate surface area is 387 Å². The lowest BCUT2D eigenvalue weighted by Crippen LogP contribution is -2.34. The minimum absolute atomic E-state index is 0.641. The summed E-state index contributed by atoms with van der Waals surface area (Å²) in [4.78, 5) is 2.38. The monoisotopic (exact) mass is 848 g/mol. The van der Waals surface area contributed by atoms with Crippen LogP contribution < -0.4 is 9.64 Å².